The number of aryl methyl sites for hydroxylation is 2. The molecule has 0 spiro atoms. The smallest absolute Gasteiger partial charge is 0.325 e. The first kappa shape index (κ1) is 10.7. The molecule has 2 heterocycles. The Labute approximate surface area is 91.5 Å². The molecule has 0 aliphatic heterocycles. The fraction of sp³-hybridized carbons (Fsp3) is 0.500. The number of nitrogens with one attached hydrogen (secondary N) is 1. The van der Waals surface area contributed by atoms with Crippen molar-refractivity contribution >= 4 is 11.2 Å². The van der Waals surface area contributed by atoms with Crippen LogP contribution in [0.25, 0.3) is 11.2 Å². The zero-order valence-electron chi connectivity index (χ0n) is 9.57. The lowest BCUT2D eigenvalue weighted by atomic mass is 10.4. The van der Waals surface area contributed by atoms with E-state index < -0.39 is 5.69 Å². The molecular weight excluding hydrogens is 208 g/mol. The highest BCUT2D eigenvalue weighted by molar-refractivity contribution is 5.69. The Morgan fingerprint density at radius 3 is 2.56 bits per heavy atom. The number of hydrogen-bond donors (Lipinski definition) is 1. The summed E-state index contributed by atoms with van der Waals surface area (Å²) in [7, 11) is 1.79. The van der Waals surface area contributed by atoms with E-state index in [-0.39, 0.29) is 5.56 Å². The SMILES string of the molecule is CCc1nc2[nH]c(=O)n(CC)c(=O)c2n1C. The van der Waals surface area contributed by atoms with Crippen LogP contribution in [0.2, 0.25) is 0 Å². The average molecular weight is 222 g/mol. The van der Waals surface area contributed by atoms with E-state index >= 15 is 0 Å². The number of H-pyrrole nitrogens is 1. The highest BCUT2D eigenvalue weighted by atomic mass is 16.2. The van der Waals surface area contributed by atoms with E-state index in [4.69, 9.17) is 0 Å². The topological polar surface area (TPSA) is 72.7 Å². The van der Waals surface area contributed by atoms with Crippen molar-refractivity contribution in [2.75, 3.05) is 0 Å². The first-order valence-electron chi connectivity index (χ1n) is 5.28. The standard InChI is InChI=1S/C10H14N4O2/c1-4-6-11-8-7(13(6)3)9(15)14(5-2)10(16)12-8/h4-5H2,1-3H3,(H,12,16). The van der Waals surface area contributed by atoms with E-state index in [0.717, 1.165) is 12.2 Å². The number of aromatic amines is 1. The maximum absolute atomic E-state index is 12.0. The van der Waals surface area contributed by atoms with Crippen molar-refractivity contribution in [1.82, 2.24) is 19.1 Å². The lowest BCUT2D eigenvalue weighted by molar-refractivity contribution is 0.678. The second-order valence-corrected chi connectivity index (χ2v) is 3.62. The van der Waals surface area contributed by atoms with Gasteiger partial charge in [-0.3, -0.25) is 14.3 Å². The van der Waals surface area contributed by atoms with Crippen molar-refractivity contribution in [1.29, 1.82) is 0 Å². The van der Waals surface area contributed by atoms with Crippen LogP contribution >= 0.6 is 0 Å². The van der Waals surface area contributed by atoms with Crippen LogP contribution in [0.1, 0.15) is 19.7 Å². The zero-order valence-corrected chi connectivity index (χ0v) is 9.57. The third-order valence-electron chi connectivity index (χ3n) is 2.74. The lowest BCUT2D eigenvalue weighted by Crippen LogP contribution is -2.35. The number of aromatic nitrogens is 4. The third-order valence-corrected chi connectivity index (χ3v) is 2.74. The van der Waals surface area contributed by atoms with Crippen LogP contribution < -0.4 is 11.2 Å². The molecule has 2 aromatic heterocycles. The Bertz CT molecular complexity index is 647. The van der Waals surface area contributed by atoms with Gasteiger partial charge in [-0.25, -0.2) is 9.78 Å². The van der Waals surface area contributed by atoms with Crippen LogP contribution in [0.15, 0.2) is 9.59 Å². The summed E-state index contributed by atoms with van der Waals surface area (Å²) in [5.41, 5.74) is 0.147. The fourth-order valence-corrected chi connectivity index (χ4v) is 1.87. The molecule has 0 aliphatic carbocycles. The van der Waals surface area contributed by atoms with Gasteiger partial charge in [-0.15, -0.1) is 0 Å². The Morgan fingerprint density at radius 1 is 1.31 bits per heavy atom. The quantitative estimate of drug-likeness (QED) is 0.777. The molecule has 2 aromatic rings. The molecule has 0 radical (unpaired) electrons. The minimum atomic E-state index is -0.402. The number of hydrogen-bond acceptors (Lipinski definition) is 3. The summed E-state index contributed by atoms with van der Waals surface area (Å²) >= 11 is 0. The molecule has 6 nitrogen and oxygen atoms in total. The van der Waals surface area contributed by atoms with Crippen LogP contribution in [0.5, 0.6) is 0 Å². The van der Waals surface area contributed by atoms with Gasteiger partial charge < -0.3 is 4.57 Å². The number of nitrogens with zero attached hydrogens (tertiary/aromatic N) is 3. The van der Waals surface area contributed by atoms with Crippen molar-refractivity contribution in [3.63, 3.8) is 0 Å². The van der Waals surface area contributed by atoms with E-state index in [1.54, 1.807) is 18.5 Å². The summed E-state index contributed by atoms with van der Waals surface area (Å²) in [6.07, 6.45) is 0.721. The van der Waals surface area contributed by atoms with Crippen LogP contribution in [0.3, 0.4) is 0 Å². The maximum atomic E-state index is 12.0. The second-order valence-electron chi connectivity index (χ2n) is 3.62. The Kier molecular flexibility index (Phi) is 2.41. The first-order valence-corrected chi connectivity index (χ1v) is 5.28. The summed E-state index contributed by atoms with van der Waals surface area (Å²) in [4.78, 5) is 30.4. The molecule has 6 heteroatoms. The summed E-state index contributed by atoms with van der Waals surface area (Å²) in [5.74, 6) is 0.789. The maximum Gasteiger partial charge on any atom is 0.330 e. The summed E-state index contributed by atoms with van der Waals surface area (Å²) in [6.45, 7) is 4.08. The van der Waals surface area contributed by atoms with E-state index in [0.29, 0.717) is 17.7 Å². The molecular formula is C10H14N4O2. The Hall–Kier alpha value is -1.85. The molecule has 2 rings (SSSR count). The minimum absolute atomic E-state index is 0.282. The summed E-state index contributed by atoms with van der Waals surface area (Å²) in [5, 5.41) is 0. The molecule has 0 aromatic carbocycles. The van der Waals surface area contributed by atoms with Crippen LogP contribution in [0.4, 0.5) is 0 Å². The predicted octanol–water partition coefficient (Wildman–Crippen LogP) is 0.00560. The Morgan fingerprint density at radius 2 is 2.00 bits per heavy atom. The summed E-state index contributed by atoms with van der Waals surface area (Å²) < 4.78 is 2.91. The zero-order chi connectivity index (χ0) is 11.9. The molecule has 16 heavy (non-hydrogen) atoms. The second kappa shape index (κ2) is 3.62. The highest BCUT2D eigenvalue weighted by Crippen LogP contribution is 2.07. The van der Waals surface area contributed by atoms with Crippen molar-refractivity contribution < 1.29 is 0 Å². The Balaban J connectivity index is 2.98. The van der Waals surface area contributed by atoms with Gasteiger partial charge in [-0.2, -0.15) is 0 Å². The van der Waals surface area contributed by atoms with Gasteiger partial charge in [0.05, 0.1) is 0 Å². The van der Waals surface area contributed by atoms with Crippen LogP contribution in [-0.2, 0) is 20.0 Å². The van der Waals surface area contributed by atoms with Gasteiger partial charge in [0, 0.05) is 20.0 Å². The van der Waals surface area contributed by atoms with Crippen LogP contribution in [0, 0.1) is 0 Å². The summed E-state index contributed by atoms with van der Waals surface area (Å²) in [6, 6.07) is 0. The largest absolute Gasteiger partial charge is 0.330 e. The molecule has 0 amide bonds. The van der Waals surface area contributed by atoms with Gasteiger partial charge in [-0.1, -0.05) is 6.92 Å². The van der Waals surface area contributed by atoms with Crippen molar-refractivity contribution in [3.05, 3.63) is 26.7 Å². The van der Waals surface area contributed by atoms with E-state index in [1.165, 1.54) is 4.57 Å². The van der Waals surface area contributed by atoms with Crippen molar-refractivity contribution in [2.24, 2.45) is 7.05 Å². The third kappa shape index (κ3) is 1.30. The molecule has 0 saturated carbocycles. The van der Waals surface area contributed by atoms with Gasteiger partial charge >= 0.3 is 5.69 Å². The minimum Gasteiger partial charge on any atom is -0.325 e. The van der Waals surface area contributed by atoms with Crippen molar-refractivity contribution in [2.45, 2.75) is 26.8 Å². The number of imidazole rings is 1. The van der Waals surface area contributed by atoms with Gasteiger partial charge in [0.2, 0.25) is 0 Å². The molecule has 0 fully saturated rings. The number of fused-ring (bicyclic) bond motifs is 1. The molecule has 0 saturated heterocycles. The molecule has 1 N–H and O–H groups in total. The van der Waals surface area contributed by atoms with Gasteiger partial charge in [0.25, 0.3) is 5.56 Å². The highest BCUT2D eigenvalue weighted by Gasteiger charge is 2.13. The van der Waals surface area contributed by atoms with Gasteiger partial charge in [-0.05, 0) is 6.92 Å². The molecule has 86 valence electrons. The van der Waals surface area contributed by atoms with E-state index in [2.05, 4.69) is 9.97 Å². The lowest BCUT2D eigenvalue weighted by Gasteiger charge is -2.01. The molecule has 0 bridgehead atoms. The van der Waals surface area contributed by atoms with Crippen LogP contribution in [-0.4, -0.2) is 19.1 Å². The van der Waals surface area contributed by atoms with Crippen molar-refractivity contribution in [3.8, 4) is 0 Å². The first-order chi connectivity index (χ1) is 7.60. The average Bonchev–Trinajstić information content (AvgIpc) is 2.55. The fourth-order valence-electron chi connectivity index (χ4n) is 1.87. The molecule has 0 atom stereocenters. The predicted molar refractivity (Wildman–Crippen MR) is 60.6 cm³/mol. The van der Waals surface area contributed by atoms with E-state index in [9.17, 15) is 9.59 Å². The molecule has 0 unspecified atom stereocenters. The van der Waals surface area contributed by atoms with E-state index in [1.807, 2.05) is 6.92 Å². The van der Waals surface area contributed by atoms with Gasteiger partial charge in [0.1, 0.15) is 5.82 Å². The normalized spacial score (nSPS) is 11.2. The monoisotopic (exact) mass is 222 g/mol. The van der Waals surface area contributed by atoms with Gasteiger partial charge in [0.15, 0.2) is 11.2 Å². The number of rotatable bonds is 2. The molecule has 0 aliphatic rings.